The van der Waals surface area contributed by atoms with Crippen molar-refractivity contribution in [2.24, 2.45) is 11.7 Å². The van der Waals surface area contributed by atoms with E-state index in [9.17, 15) is 9.59 Å². The van der Waals surface area contributed by atoms with Crippen LogP contribution < -0.4 is 11.1 Å². The molecule has 0 saturated carbocycles. The molecule has 1 aromatic heterocycles. The Morgan fingerprint density at radius 3 is 2.80 bits per heavy atom. The molecule has 2 aromatic rings. The number of likely N-dealkylation sites (tertiary alicyclic amines) is 1. The van der Waals surface area contributed by atoms with E-state index in [4.69, 9.17) is 10.2 Å². The number of hydrogen-bond acceptors (Lipinski definition) is 4. The van der Waals surface area contributed by atoms with Gasteiger partial charge in [-0.2, -0.15) is 0 Å². The number of carbonyl (C=O) groups excluding carboxylic acids is 2. The van der Waals surface area contributed by atoms with Crippen molar-refractivity contribution in [2.75, 3.05) is 18.4 Å². The van der Waals surface area contributed by atoms with Gasteiger partial charge in [0.15, 0.2) is 5.76 Å². The molecule has 2 heterocycles. The van der Waals surface area contributed by atoms with Gasteiger partial charge in [-0.05, 0) is 62.6 Å². The van der Waals surface area contributed by atoms with Crippen LogP contribution >= 0.6 is 0 Å². The highest BCUT2D eigenvalue weighted by atomic mass is 16.3. The van der Waals surface area contributed by atoms with E-state index >= 15 is 0 Å². The number of amides is 2. The first-order valence-corrected chi connectivity index (χ1v) is 8.46. The molecule has 1 aliphatic heterocycles. The van der Waals surface area contributed by atoms with Crippen molar-refractivity contribution in [1.29, 1.82) is 0 Å². The van der Waals surface area contributed by atoms with Crippen LogP contribution in [0.2, 0.25) is 0 Å². The molecule has 0 bridgehead atoms. The molecule has 1 fully saturated rings. The maximum absolute atomic E-state index is 12.9. The van der Waals surface area contributed by atoms with E-state index in [2.05, 4.69) is 5.32 Å². The zero-order valence-corrected chi connectivity index (χ0v) is 14.5. The summed E-state index contributed by atoms with van der Waals surface area (Å²) < 4.78 is 5.11. The van der Waals surface area contributed by atoms with Gasteiger partial charge in [0.25, 0.3) is 11.8 Å². The molecule has 6 nitrogen and oxygen atoms in total. The van der Waals surface area contributed by atoms with Crippen LogP contribution in [0.3, 0.4) is 0 Å². The fourth-order valence-corrected chi connectivity index (χ4v) is 3.24. The predicted octanol–water partition coefficient (Wildman–Crippen LogP) is 2.65. The zero-order valence-electron chi connectivity index (χ0n) is 14.5. The molecule has 25 heavy (non-hydrogen) atoms. The van der Waals surface area contributed by atoms with E-state index < -0.39 is 0 Å². The maximum atomic E-state index is 12.9. The standard InChI is InChI=1S/C19H23N3O3/c1-12-5-6-15(19(24)22-11-14(10-20)8-13(22)2)9-16(12)21-18(23)17-4-3-7-25-17/h3-7,9,13-14H,8,10-11,20H2,1-2H3,(H,21,23). The van der Waals surface area contributed by atoms with Crippen molar-refractivity contribution in [3.63, 3.8) is 0 Å². The van der Waals surface area contributed by atoms with E-state index in [0.717, 1.165) is 12.0 Å². The molecule has 3 N–H and O–H groups in total. The van der Waals surface area contributed by atoms with Gasteiger partial charge in [0, 0.05) is 23.8 Å². The van der Waals surface area contributed by atoms with Crippen LogP contribution in [0.4, 0.5) is 5.69 Å². The minimum absolute atomic E-state index is 0.0306. The fraction of sp³-hybridized carbons (Fsp3) is 0.368. The Kier molecular flexibility index (Phi) is 4.90. The third kappa shape index (κ3) is 3.58. The fourth-order valence-electron chi connectivity index (χ4n) is 3.24. The Morgan fingerprint density at radius 2 is 2.16 bits per heavy atom. The Bertz CT molecular complexity index is 770. The SMILES string of the molecule is Cc1ccc(C(=O)N2CC(CN)CC2C)cc1NC(=O)c1ccco1. The van der Waals surface area contributed by atoms with Gasteiger partial charge in [-0.15, -0.1) is 0 Å². The highest BCUT2D eigenvalue weighted by Gasteiger charge is 2.32. The van der Waals surface area contributed by atoms with Gasteiger partial charge in [0.05, 0.1) is 6.26 Å². The van der Waals surface area contributed by atoms with E-state index in [1.165, 1.54) is 6.26 Å². The number of furan rings is 1. The quantitative estimate of drug-likeness (QED) is 0.895. The number of nitrogens with one attached hydrogen (secondary N) is 1. The van der Waals surface area contributed by atoms with Crippen LogP contribution in [-0.4, -0.2) is 35.8 Å². The molecule has 1 aromatic carbocycles. The van der Waals surface area contributed by atoms with E-state index in [0.29, 0.717) is 30.3 Å². The second-order valence-electron chi connectivity index (χ2n) is 6.61. The molecule has 132 valence electrons. The first kappa shape index (κ1) is 17.2. The van der Waals surface area contributed by atoms with Crippen LogP contribution in [0.15, 0.2) is 41.0 Å². The van der Waals surface area contributed by atoms with Crippen LogP contribution in [0, 0.1) is 12.8 Å². The van der Waals surface area contributed by atoms with Crippen molar-refractivity contribution in [2.45, 2.75) is 26.3 Å². The molecule has 2 unspecified atom stereocenters. The minimum Gasteiger partial charge on any atom is -0.459 e. The van der Waals surface area contributed by atoms with Gasteiger partial charge in [-0.25, -0.2) is 0 Å². The number of carbonyl (C=O) groups is 2. The highest BCUT2D eigenvalue weighted by Crippen LogP contribution is 2.26. The summed E-state index contributed by atoms with van der Waals surface area (Å²) in [6.45, 7) is 5.20. The summed E-state index contributed by atoms with van der Waals surface area (Å²) in [4.78, 5) is 26.9. The molecule has 2 atom stereocenters. The van der Waals surface area contributed by atoms with Gasteiger partial charge >= 0.3 is 0 Å². The van der Waals surface area contributed by atoms with Crippen LogP contribution in [0.25, 0.3) is 0 Å². The van der Waals surface area contributed by atoms with Gasteiger partial charge in [-0.3, -0.25) is 9.59 Å². The van der Waals surface area contributed by atoms with Crippen molar-refractivity contribution in [3.05, 3.63) is 53.5 Å². The Labute approximate surface area is 147 Å². The maximum Gasteiger partial charge on any atom is 0.291 e. The molecule has 3 rings (SSSR count). The Morgan fingerprint density at radius 1 is 1.36 bits per heavy atom. The molecule has 2 amide bonds. The van der Waals surface area contributed by atoms with Gasteiger partial charge in [0.1, 0.15) is 0 Å². The number of hydrogen-bond donors (Lipinski definition) is 2. The number of rotatable bonds is 4. The Balaban J connectivity index is 1.79. The third-order valence-corrected chi connectivity index (χ3v) is 4.73. The molecule has 1 saturated heterocycles. The lowest BCUT2D eigenvalue weighted by Gasteiger charge is -2.22. The smallest absolute Gasteiger partial charge is 0.291 e. The lowest BCUT2D eigenvalue weighted by Crippen LogP contribution is -2.34. The lowest BCUT2D eigenvalue weighted by molar-refractivity contribution is 0.0743. The summed E-state index contributed by atoms with van der Waals surface area (Å²) in [7, 11) is 0. The summed E-state index contributed by atoms with van der Waals surface area (Å²) in [5.41, 5.74) is 7.79. The molecule has 0 spiro atoms. The summed E-state index contributed by atoms with van der Waals surface area (Å²) in [6, 6.07) is 8.78. The summed E-state index contributed by atoms with van der Waals surface area (Å²) in [5.74, 6) is 0.213. The average molecular weight is 341 g/mol. The number of anilines is 1. The monoisotopic (exact) mass is 341 g/mol. The minimum atomic E-state index is -0.338. The van der Waals surface area contributed by atoms with E-state index in [1.807, 2.05) is 24.8 Å². The zero-order chi connectivity index (χ0) is 18.0. The number of nitrogens with zero attached hydrogens (tertiary/aromatic N) is 1. The van der Waals surface area contributed by atoms with Crippen molar-refractivity contribution in [1.82, 2.24) is 4.90 Å². The van der Waals surface area contributed by atoms with Crippen molar-refractivity contribution >= 4 is 17.5 Å². The molecule has 0 radical (unpaired) electrons. The van der Waals surface area contributed by atoms with Crippen molar-refractivity contribution < 1.29 is 14.0 Å². The summed E-state index contributed by atoms with van der Waals surface area (Å²) in [6.07, 6.45) is 2.38. The number of benzene rings is 1. The molecule has 0 aliphatic carbocycles. The second-order valence-corrected chi connectivity index (χ2v) is 6.61. The number of aryl methyl sites for hydroxylation is 1. The van der Waals surface area contributed by atoms with E-state index in [-0.39, 0.29) is 23.6 Å². The normalized spacial score (nSPS) is 19.9. The first-order valence-electron chi connectivity index (χ1n) is 8.46. The van der Waals surface area contributed by atoms with Gasteiger partial charge in [-0.1, -0.05) is 6.07 Å². The van der Waals surface area contributed by atoms with Crippen LogP contribution in [0.1, 0.15) is 39.8 Å². The van der Waals surface area contributed by atoms with Gasteiger partial charge < -0.3 is 20.4 Å². The Hall–Kier alpha value is -2.60. The van der Waals surface area contributed by atoms with Crippen LogP contribution in [0.5, 0.6) is 0 Å². The topological polar surface area (TPSA) is 88.6 Å². The molecule has 6 heteroatoms. The lowest BCUT2D eigenvalue weighted by atomic mass is 10.1. The predicted molar refractivity (Wildman–Crippen MR) is 95.5 cm³/mol. The average Bonchev–Trinajstić information content (AvgIpc) is 3.25. The summed E-state index contributed by atoms with van der Waals surface area (Å²) in [5, 5.41) is 2.81. The molecular formula is C19H23N3O3. The third-order valence-electron chi connectivity index (χ3n) is 4.73. The van der Waals surface area contributed by atoms with E-state index in [1.54, 1.807) is 24.3 Å². The van der Waals surface area contributed by atoms with Crippen LogP contribution in [-0.2, 0) is 0 Å². The van der Waals surface area contributed by atoms with Gasteiger partial charge in [0.2, 0.25) is 0 Å². The highest BCUT2D eigenvalue weighted by molar-refractivity contribution is 6.04. The second kappa shape index (κ2) is 7.11. The molecular weight excluding hydrogens is 318 g/mol. The number of nitrogens with two attached hydrogens (primary N) is 1. The first-order chi connectivity index (χ1) is 12.0. The molecule has 1 aliphatic rings. The largest absolute Gasteiger partial charge is 0.459 e. The van der Waals surface area contributed by atoms with Crippen molar-refractivity contribution in [3.8, 4) is 0 Å². The summed E-state index contributed by atoms with van der Waals surface area (Å²) >= 11 is 0.